The summed E-state index contributed by atoms with van der Waals surface area (Å²) in [6, 6.07) is 4.61. The summed E-state index contributed by atoms with van der Waals surface area (Å²) < 4.78 is 41.4. The molecule has 0 bridgehead atoms. The van der Waals surface area contributed by atoms with E-state index < -0.39 is 17.8 Å². The van der Waals surface area contributed by atoms with Crippen molar-refractivity contribution in [1.29, 1.82) is 0 Å². The zero-order chi connectivity index (χ0) is 26.6. The van der Waals surface area contributed by atoms with E-state index in [2.05, 4.69) is 31.0 Å². The van der Waals surface area contributed by atoms with Gasteiger partial charge in [-0.1, -0.05) is 11.6 Å². The van der Waals surface area contributed by atoms with Gasteiger partial charge in [-0.05, 0) is 18.2 Å². The summed E-state index contributed by atoms with van der Waals surface area (Å²) in [5.41, 5.74) is 5.29. The minimum absolute atomic E-state index is 0.152. The van der Waals surface area contributed by atoms with Gasteiger partial charge in [0.2, 0.25) is 5.91 Å². The van der Waals surface area contributed by atoms with Crippen LogP contribution in [0.15, 0.2) is 43.0 Å². The molecule has 0 aliphatic rings. The van der Waals surface area contributed by atoms with Gasteiger partial charge in [0.25, 0.3) is 5.91 Å². The number of hydrogen-bond donors (Lipinski definition) is 5. The monoisotopic (exact) mass is 535 g/mol. The van der Waals surface area contributed by atoms with Gasteiger partial charge in [0.1, 0.15) is 5.69 Å². The highest BCUT2D eigenvalue weighted by atomic mass is 35.5. The number of halogens is 4. The standard InChI is InChI=1S/C22H21ClF3N9O2/c23-15-9-12(1-2-13(15)21(37)30-6-5-28-17(36)3-4-27)33-19-20-31-11-16(35(20)8-7-29-19)14-10-32-34-18(14)22(24,25)26/h1-2,7-11H,3-6,27H2,(H,28,36)(H,29,33)(H,30,37)(H,32,34). The smallest absolute Gasteiger partial charge is 0.354 e. The number of nitrogens with one attached hydrogen (secondary N) is 4. The first-order chi connectivity index (χ1) is 17.7. The summed E-state index contributed by atoms with van der Waals surface area (Å²) in [4.78, 5) is 32.3. The Morgan fingerprint density at radius 3 is 2.65 bits per heavy atom. The fourth-order valence-electron chi connectivity index (χ4n) is 3.51. The molecule has 2 amide bonds. The molecule has 0 aliphatic heterocycles. The molecule has 0 radical (unpaired) electrons. The number of anilines is 2. The summed E-state index contributed by atoms with van der Waals surface area (Å²) in [5.74, 6) is -0.375. The first-order valence-corrected chi connectivity index (χ1v) is 11.3. The molecule has 3 heterocycles. The first-order valence-electron chi connectivity index (χ1n) is 10.9. The van der Waals surface area contributed by atoms with Crippen molar-refractivity contribution in [2.75, 3.05) is 25.0 Å². The van der Waals surface area contributed by atoms with Crippen molar-refractivity contribution in [3.8, 4) is 11.3 Å². The Morgan fingerprint density at radius 2 is 1.92 bits per heavy atom. The molecule has 6 N–H and O–H groups in total. The highest BCUT2D eigenvalue weighted by Gasteiger charge is 2.36. The van der Waals surface area contributed by atoms with Gasteiger partial charge in [-0.2, -0.15) is 18.3 Å². The largest absolute Gasteiger partial charge is 0.433 e. The van der Waals surface area contributed by atoms with E-state index in [0.717, 1.165) is 6.20 Å². The number of amides is 2. The van der Waals surface area contributed by atoms with Crippen LogP contribution in [0.1, 0.15) is 22.5 Å². The molecule has 0 fully saturated rings. The lowest BCUT2D eigenvalue weighted by atomic mass is 10.2. The average Bonchev–Trinajstić information content (AvgIpc) is 3.49. The summed E-state index contributed by atoms with van der Waals surface area (Å²) in [5, 5.41) is 14.0. The van der Waals surface area contributed by atoms with Gasteiger partial charge in [-0.3, -0.25) is 19.1 Å². The van der Waals surface area contributed by atoms with E-state index in [-0.39, 0.29) is 65.3 Å². The second-order valence-corrected chi connectivity index (χ2v) is 8.14. The van der Waals surface area contributed by atoms with Crippen LogP contribution in [-0.2, 0) is 11.0 Å². The number of carbonyl (C=O) groups excluding carboxylic acids is 2. The summed E-state index contributed by atoms with van der Waals surface area (Å²) in [6.07, 6.45) is 0.846. The topological polar surface area (TPSA) is 155 Å². The Morgan fingerprint density at radius 1 is 1.14 bits per heavy atom. The Kier molecular flexibility index (Phi) is 7.59. The molecule has 0 spiro atoms. The van der Waals surface area contributed by atoms with Crippen molar-refractivity contribution in [2.24, 2.45) is 5.73 Å². The Bertz CT molecular complexity index is 1430. The number of H-pyrrole nitrogens is 1. The van der Waals surface area contributed by atoms with Crippen molar-refractivity contribution in [3.63, 3.8) is 0 Å². The van der Waals surface area contributed by atoms with E-state index in [1.54, 1.807) is 6.07 Å². The zero-order valence-corrected chi connectivity index (χ0v) is 19.8. The molecule has 4 rings (SSSR count). The minimum Gasteiger partial charge on any atom is -0.354 e. The highest BCUT2D eigenvalue weighted by Crippen LogP contribution is 2.36. The normalized spacial score (nSPS) is 11.5. The molecule has 4 aromatic rings. The molecule has 0 saturated carbocycles. The van der Waals surface area contributed by atoms with Crippen LogP contribution in [-0.4, -0.2) is 56.0 Å². The maximum absolute atomic E-state index is 13.3. The third-order valence-electron chi connectivity index (χ3n) is 5.21. The maximum atomic E-state index is 13.3. The molecule has 15 heteroatoms. The summed E-state index contributed by atoms with van der Waals surface area (Å²) >= 11 is 6.30. The van der Waals surface area contributed by atoms with E-state index in [1.807, 2.05) is 5.10 Å². The van der Waals surface area contributed by atoms with Crippen molar-refractivity contribution in [3.05, 3.63) is 59.3 Å². The number of nitrogens with zero attached hydrogens (tertiary/aromatic N) is 4. The molecule has 0 saturated heterocycles. The van der Waals surface area contributed by atoms with E-state index in [4.69, 9.17) is 17.3 Å². The molecule has 1 aromatic carbocycles. The van der Waals surface area contributed by atoms with Gasteiger partial charge in [0.05, 0.1) is 34.2 Å². The molecule has 194 valence electrons. The van der Waals surface area contributed by atoms with Crippen LogP contribution in [0, 0.1) is 0 Å². The van der Waals surface area contributed by atoms with Crippen LogP contribution in [0.2, 0.25) is 5.02 Å². The second kappa shape index (κ2) is 10.8. The van der Waals surface area contributed by atoms with Crippen molar-refractivity contribution in [1.82, 2.24) is 35.2 Å². The van der Waals surface area contributed by atoms with Crippen molar-refractivity contribution in [2.45, 2.75) is 12.6 Å². The molecule has 37 heavy (non-hydrogen) atoms. The SMILES string of the molecule is NCCC(=O)NCCNC(=O)c1ccc(Nc2nccn3c(-c4cn[nH]c4C(F)(F)F)cnc23)cc1Cl. The molecule has 11 nitrogen and oxygen atoms in total. The number of rotatable bonds is 9. The molecule has 3 aromatic heterocycles. The van der Waals surface area contributed by atoms with E-state index in [0.29, 0.717) is 5.69 Å². The highest BCUT2D eigenvalue weighted by molar-refractivity contribution is 6.34. The van der Waals surface area contributed by atoms with Gasteiger partial charge >= 0.3 is 6.18 Å². The number of carbonyl (C=O) groups is 2. The molecule has 0 atom stereocenters. The van der Waals surface area contributed by atoms with Crippen LogP contribution in [0.5, 0.6) is 0 Å². The third-order valence-corrected chi connectivity index (χ3v) is 5.52. The van der Waals surface area contributed by atoms with Crippen LogP contribution in [0.4, 0.5) is 24.7 Å². The molecular formula is C22H21ClF3N9O2. The predicted octanol–water partition coefficient (Wildman–Crippen LogP) is 2.73. The number of alkyl halides is 3. The fourth-order valence-corrected chi connectivity index (χ4v) is 3.78. The number of fused-ring (bicyclic) bond motifs is 1. The first kappa shape index (κ1) is 25.9. The predicted molar refractivity (Wildman–Crippen MR) is 129 cm³/mol. The minimum atomic E-state index is -4.62. The van der Waals surface area contributed by atoms with Crippen LogP contribution in [0.3, 0.4) is 0 Å². The number of imidazole rings is 1. The number of aromatic nitrogens is 5. The summed E-state index contributed by atoms with van der Waals surface area (Å²) in [7, 11) is 0. The van der Waals surface area contributed by atoms with E-state index in [1.165, 1.54) is 35.1 Å². The number of nitrogens with two attached hydrogens (primary N) is 1. The van der Waals surface area contributed by atoms with Crippen LogP contribution < -0.4 is 21.7 Å². The lowest BCUT2D eigenvalue weighted by Gasteiger charge is -2.11. The Labute approximate surface area is 212 Å². The second-order valence-electron chi connectivity index (χ2n) is 7.73. The number of benzene rings is 1. The fraction of sp³-hybridized carbons (Fsp3) is 0.227. The lowest BCUT2D eigenvalue weighted by Crippen LogP contribution is -2.35. The van der Waals surface area contributed by atoms with Gasteiger partial charge in [-0.25, -0.2) is 9.97 Å². The van der Waals surface area contributed by atoms with E-state index in [9.17, 15) is 22.8 Å². The molecule has 0 unspecified atom stereocenters. The average molecular weight is 536 g/mol. The third kappa shape index (κ3) is 5.81. The number of aromatic amines is 1. The van der Waals surface area contributed by atoms with Gasteiger partial charge in [0, 0.05) is 44.1 Å². The van der Waals surface area contributed by atoms with Gasteiger partial charge in [-0.15, -0.1) is 0 Å². The van der Waals surface area contributed by atoms with Gasteiger partial charge in [0.15, 0.2) is 11.5 Å². The van der Waals surface area contributed by atoms with Gasteiger partial charge < -0.3 is 21.7 Å². The van der Waals surface area contributed by atoms with Crippen molar-refractivity contribution < 1.29 is 22.8 Å². The zero-order valence-electron chi connectivity index (χ0n) is 19.1. The Balaban J connectivity index is 1.48. The Hall–Kier alpha value is -4.17. The number of hydrogen-bond acceptors (Lipinski definition) is 7. The van der Waals surface area contributed by atoms with Crippen molar-refractivity contribution >= 4 is 40.6 Å². The summed E-state index contributed by atoms with van der Waals surface area (Å²) in [6.45, 7) is 0.683. The quantitative estimate of drug-likeness (QED) is 0.206. The molecular weight excluding hydrogens is 515 g/mol. The lowest BCUT2D eigenvalue weighted by molar-refractivity contribution is -0.140. The van der Waals surface area contributed by atoms with Crippen LogP contribution in [0.25, 0.3) is 16.9 Å². The van der Waals surface area contributed by atoms with E-state index >= 15 is 0 Å². The molecule has 0 aliphatic carbocycles. The van der Waals surface area contributed by atoms with Crippen LogP contribution >= 0.6 is 11.6 Å². The maximum Gasteiger partial charge on any atom is 0.433 e.